The fraction of sp³-hybridized carbons (Fsp3) is 0.105. The highest BCUT2D eigenvalue weighted by Crippen LogP contribution is 2.39. The van der Waals surface area contributed by atoms with Crippen molar-refractivity contribution in [1.82, 2.24) is 10.3 Å². The van der Waals surface area contributed by atoms with Crippen LogP contribution in [0.15, 0.2) is 58.5 Å². The fourth-order valence-corrected chi connectivity index (χ4v) is 4.32. The van der Waals surface area contributed by atoms with E-state index < -0.39 is 0 Å². The molecule has 4 rings (SSSR count). The van der Waals surface area contributed by atoms with E-state index in [1.165, 1.54) is 23.1 Å². The third-order valence-corrected chi connectivity index (χ3v) is 6.08. The number of hydrogen-bond donors (Lipinski definition) is 2. The summed E-state index contributed by atoms with van der Waals surface area (Å²) in [5, 5.41) is 6.31. The van der Waals surface area contributed by atoms with Crippen LogP contribution in [0.1, 0.15) is 25.6 Å². The van der Waals surface area contributed by atoms with Crippen molar-refractivity contribution in [2.24, 2.45) is 0 Å². The van der Waals surface area contributed by atoms with Crippen molar-refractivity contribution in [2.45, 2.75) is 16.3 Å². The van der Waals surface area contributed by atoms with Crippen LogP contribution >= 0.6 is 23.1 Å². The highest BCUT2D eigenvalue weighted by atomic mass is 32.2. The van der Waals surface area contributed by atoms with Crippen LogP contribution in [0.25, 0.3) is 0 Å². The molecule has 1 aromatic heterocycles. The van der Waals surface area contributed by atoms with Crippen LogP contribution < -0.4 is 15.4 Å². The van der Waals surface area contributed by atoms with Gasteiger partial charge in [-0.25, -0.2) is 4.98 Å². The van der Waals surface area contributed by atoms with Gasteiger partial charge >= 0.3 is 0 Å². The second kappa shape index (κ2) is 7.42. The van der Waals surface area contributed by atoms with Crippen molar-refractivity contribution in [3.8, 4) is 5.19 Å². The Labute approximate surface area is 164 Å². The molecule has 2 heterocycles. The molecule has 0 radical (unpaired) electrons. The first-order valence-corrected chi connectivity index (χ1v) is 9.76. The molecule has 0 aliphatic carbocycles. The summed E-state index contributed by atoms with van der Waals surface area (Å²) in [5.74, 6) is -0.391. The number of nitrogens with zero attached hydrogens (tertiary/aromatic N) is 1. The summed E-state index contributed by atoms with van der Waals surface area (Å²) < 4.78 is 5.05. The summed E-state index contributed by atoms with van der Waals surface area (Å²) in [4.78, 5) is 31.7. The Morgan fingerprint density at radius 2 is 2.07 bits per heavy atom. The minimum Gasteiger partial charge on any atom is -0.473 e. The average Bonchev–Trinajstić information content (AvgIpc) is 3.10. The number of methoxy groups -OCH3 is 1. The number of thiazole rings is 1. The molecule has 27 heavy (non-hydrogen) atoms. The molecular formula is C19H15N3O3S2. The number of nitrogens with one attached hydrogen (secondary N) is 2. The van der Waals surface area contributed by atoms with Crippen molar-refractivity contribution < 1.29 is 14.3 Å². The second-order valence-corrected chi connectivity index (χ2v) is 7.90. The van der Waals surface area contributed by atoms with Gasteiger partial charge in [0, 0.05) is 26.4 Å². The topological polar surface area (TPSA) is 80.3 Å². The van der Waals surface area contributed by atoms with E-state index in [0.717, 1.165) is 14.7 Å². The lowest BCUT2D eigenvalue weighted by Crippen LogP contribution is -2.22. The molecule has 0 saturated heterocycles. The number of rotatable bonds is 4. The van der Waals surface area contributed by atoms with Crippen molar-refractivity contribution in [2.75, 3.05) is 12.4 Å². The Bertz CT molecular complexity index is 1030. The first-order chi connectivity index (χ1) is 13.1. The second-order valence-electron chi connectivity index (χ2n) is 5.74. The van der Waals surface area contributed by atoms with Gasteiger partial charge in [-0.15, -0.1) is 0 Å². The predicted molar refractivity (Wildman–Crippen MR) is 105 cm³/mol. The van der Waals surface area contributed by atoms with Crippen LogP contribution in [0.4, 0.5) is 5.69 Å². The molecule has 0 bridgehead atoms. The van der Waals surface area contributed by atoms with Gasteiger partial charge in [0.2, 0.25) is 0 Å². The zero-order chi connectivity index (χ0) is 18.8. The highest BCUT2D eigenvalue weighted by Gasteiger charge is 2.20. The van der Waals surface area contributed by atoms with Gasteiger partial charge in [0.1, 0.15) is 0 Å². The number of hydrogen-bond acceptors (Lipinski definition) is 6. The van der Waals surface area contributed by atoms with E-state index in [2.05, 4.69) is 15.6 Å². The van der Waals surface area contributed by atoms with E-state index in [1.807, 2.05) is 24.3 Å². The van der Waals surface area contributed by atoms with Crippen molar-refractivity contribution in [1.29, 1.82) is 0 Å². The smallest absolute Gasteiger partial charge is 0.273 e. The average molecular weight is 397 g/mol. The first kappa shape index (κ1) is 17.6. The Balaban J connectivity index is 1.52. The zero-order valence-corrected chi connectivity index (χ0v) is 15.9. The molecular weight excluding hydrogens is 382 g/mol. The van der Waals surface area contributed by atoms with E-state index >= 15 is 0 Å². The minimum atomic E-state index is -0.217. The SMILES string of the molecule is COc1ncc(CNC(=O)c2ccc3c(c2)NC(=O)c2ccccc2S3)s1. The van der Waals surface area contributed by atoms with Gasteiger partial charge in [0.05, 0.1) is 24.9 Å². The van der Waals surface area contributed by atoms with Crippen molar-refractivity contribution >= 4 is 40.6 Å². The van der Waals surface area contributed by atoms with Crippen LogP contribution in [-0.4, -0.2) is 23.9 Å². The predicted octanol–water partition coefficient (Wildman–Crippen LogP) is 3.80. The zero-order valence-electron chi connectivity index (χ0n) is 14.3. The van der Waals surface area contributed by atoms with Gasteiger partial charge in [0.15, 0.2) is 0 Å². The molecule has 1 aliphatic heterocycles. The third-order valence-electron chi connectivity index (χ3n) is 3.97. The number of amides is 2. The lowest BCUT2D eigenvalue weighted by Gasteiger charge is -2.09. The van der Waals surface area contributed by atoms with Gasteiger partial charge in [-0.05, 0) is 30.3 Å². The maximum Gasteiger partial charge on any atom is 0.273 e. The quantitative estimate of drug-likeness (QED) is 0.700. The number of benzene rings is 2. The molecule has 1 aliphatic rings. The number of ether oxygens (including phenoxy) is 1. The first-order valence-electron chi connectivity index (χ1n) is 8.13. The number of carbonyl (C=O) groups is 2. The molecule has 2 N–H and O–H groups in total. The van der Waals surface area contributed by atoms with E-state index in [-0.39, 0.29) is 11.8 Å². The van der Waals surface area contributed by atoms with Crippen molar-refractivity contribution in [3.05, 3.63) is 64.7 Å². The lowest BCUT2D eigenvalue weighted by molar-refractivity contribution is 0.0949. The van der Waals surface area contributed by atoms with Gasteiger partial charge in [-0.1, -0.05) is 35.2 Å². The largest absolute Gasteiger partial charge is 0.473 e. The molecule has 0 spiro atoms. The van der Waals surface area contributed by atoms with E-state index in [1.54, 1.807) is 31.5 Å². The van der Waals surface area contributed by atoms with E-state index in [0.29, 0.717) is 28.6 Å². The molecule has 0 unspecified atom stereocenters. The maximum atomic E-state index is 12.5. The Morgan fingerprint density at radius 3 is 2.89 bits per heavy atom. The fourth-order valence-electron chi connectivity index (χ4n) is 2.64. The monoisotopic (exact) mass is 397 g/mol. The lowest BCUT2D eigenvalue weighted by atomic mass is 10.1. The summed E-state index contributed by atoms with van der Waals surface area (Å²) in [6.45, 7) is 0.365. The highest BCUT2D eigenvalue weighted by molar-refractivity contribution is 7.99. The number of carbonyl (C=O) groups excluding carboxylic acids is 2. The van der Waals surface area contributed by atoms with E-state index in [4.69, 9.17) is 4.74 Å². The minimum absolute atomic E-state index is 0.175. The number of anilines is 1. The Morgan fingerprint density at radius 1 is 1.22 bits per heavy atom. The molecule has 6 nitrogen and oxygen atoms in total. The molecule has 2 amide bonds. The van der Waals surface area contributed by atoms with Gasteiger partial charge in [-0.3, -0.25) is 9.59 Å². The molecule has 136 valence electrons. The molecule has 8 heteroatoms. The number of aromatic nitrogens is 1. The van der Waals surface area contributed by atoms with Gasteiger partial charge in [0.25, 0.3) is 17.0 Å². The molecule has 0 saturated carbocycles. The molecule has 0 fully saturated rings. The summed E-state index contributed by atoms with van der Waals surface area (Å²) in [6, 6.07) is 12.8. The van der Waals surface area contributed by atoms with E-state index in [9.17, 15) is 9.59 Å². The van der Waals surface area contributed by atoms with Crippen LogP contribution in [-0.2, 0) is 6.54 Å². The standard InChI is InChI=1S/C19H15N3O3S2/c1-25-19-21-10-12(26-19)9-20-17(23)11-6-7-16-14(8-11)22-18(24)13-4-2-3-5-15(13)27-16/h2-8,10H,9H2,1H3,(H,20,23)(H,22,24). The Hall–Kier alpha value is -2.84. The van der Waals surface area contributed by atoms with Crippen molar-refractivity contribution in [3.63, 3.8) is 0 Å². The molecule has 3 aromatic rings. The van der Waals surface area contributed by atoms with Gasteiger partial charge < -0.3 is 15.4 Å². The normalized spacial score (nSPS) is 12.4. The van der Waals surface area contributed by atoms with Crippen LogP contribution in [0.2, 0.25) is 0 Å². The number of fused-ring (bicyclic) bond motifs is 2. The third kappa shape index (κ3) is 3.67. The van der Waals surface area contributed by atoms with Crippen LogP contribution in [0, 0.1) is 0 Å². The Kier molecular flexibility index (Phi) is 4.83. The van der Waals surface area contributed by atoms with Crippen LogP contribution in [0.5, 0.6) is 5.19 Å². The summed E-state index contributed by atoms with van der Waals surface area (Å²) in [5.41, 5.74) is 1.74. The molecule has 2 aromatic carbocycles. The van der Waals surface area contributed by atoms with Crippen LogP contribution in [0.3, 0.4) is 0 Å². The summed E-state index contributed by atoms with van der Waals surface area (Å²) in [6.07, 6.45) is 1.68. The maximum absolute atomic E-state index is 12.5. The summed E-state index contributed by atoms with van der Waals surface area (Å²) in [7, 11) is 1.56. The molecule has 0 atom stereocenters. The summed E-state index contributed by atoms with van der Waals surface area (Å²) >= 11 is 2.89. The van der Waals surface area contributed by atoms with Gasteiger partial charge in [-0.2, -0.15) is 0 Å².